The first-order valence-corrected chi connectivity index (χ1v) is 8.80. The van der Waals surface area contributed by atoms with Gasteiger partial charge in [0.25, 0.3) is 5.56 Å². The molecule has 0 N–H and O–H groups in total. The quantitative estimate of drug-likeness (QED) is 0.484. The Bertz CT molecular complexity index is 1080. The number of hydrogen-bond donors (Lipinski definition) is 0. The minimum Gasteiger partial charge on any atom is -0.497 e. The molecule has 2 aromatic carbocycles. The number of hydrogen-bond acceptors (Lipinski definition) is 5. The molecule has 0 amide bonds. The number of ether oxygens (including phenoxy) is 3. The molecule has 0 unspecified atom stereocenters. The van der Waals surface area contributed by atoms with Crippen molar-refractivity contribution in [2.75, 3.05) is 20.8 Å². The maximum absolute atomic E-state index is 13.1. The van der Waals surface area contributed by atoms with Gasteiger partial charge in [-0.3, -0.25) is 9.36 Å². The Hall–Kier alpha value is -3.54. The molecule has 28 heavy (non-hydrogen) atoms. The molecule has 6 heteroatoms. The first-order chi connectivity index (χ1) is 13.6. The molecule has 0 bridgehead atoms. The Labute approximate surface area is 162 Å². The number of benzene rings is 2. The lowest BCUT2D eigenvalue weighted by Crippen LogP contribution is -2.18. The molecule has 3 aromatic rings. The number of carbonyl (C=O) groups is 1. The lowest BCUT2D eigenvalue weighted by Gasteiger charge is -2.12. The number of pyridine rings is 1. The number of rotatable bonds is 6. The second-order valence-electron chi connectivity index (χ2n) is 5.95. The molecule has 0 aliphatic rings. The van der Waals surface area contributed by atoms with E-state index in [1.807, 2.05) is 0 Å². The number of fused-ring (bicyclic) bond motifs is 1. The summed E-state index contributed by atoms with van der Waals surface area (Å²) in [6.07, 6.45) is 4.68. The molecule has 1 aromatic heterocycles. The van der Waals surface area contributed by atoms with Crippen molar-refractivity contribution < 1.29 is 19.0 Å². The van der Waals surface area contributed by atoms with E-state index in [-0.39, 0.29) is 5.56 Å². The minimum absolute atomic E-state index is 0.170. The van der Waals surface area contributed by atoms with Gasteiger partial charge >= 0.3 is 5.97 Å². The molecule has 6 nitrogen and oxygen atoms in total. The Kier molecular flexibility index (Phi) is 5.79. The summed E-state index contributed by atoms with van der Waals surface area (Å²) in [7, 11) is 3.15. The lowest BCUT2D eigenvalue weighted by molar-refractivity contribution is -0.137. The van der Waals surface area contributed by atoms with Gasteiger partial charge in [0.1, 0.15) is 11.5 Å². The number of methoxy groups -OCH3 is 2. The van der Waals surface area contributed by atoms with Gasteiger partial charge in [0.15, 0.2) is 0 Å². The summed E-state index contributed by atoms with van der Waals surface area (Å²) in [4.78, 5) is 24.8. The van der Waals surface area contributed by atoms with E-state index in [9.17, 15) is 9.59 Å². The van der Waals surface area contributed by atoms with Crippen LogP contribution in [0.25, 0.3) is 22.5 Å². The van der Waals surface area contributed by atoms with Crippen molar-refractivity contribution in [2.24, 2.45) is 0 Å². The van der Waals surface area contributed by atoms with E-state index in [4.69, 9.17) is 14.2 Å². The minimum atomic E-state index is -0.444. The molecule has 0 radical (unpaired) electrons. The van der Waals surface area contributed by atoms with E-state index in [0.717, 1.165) is 0 Å². The highest BCUT2D eigenvalue weighted by atomic mass is 16.5. The van der Waals surface area contributed by atoms with Crippen LogP contribution in [0.1, 0.15) is 12.5 Å². The summed E-state index contributed by atoms with van der Waals surface area (Å²) < 4.78 is 17.0. The van der Waals surface area contributed by atoms with E-state index in [1.54, 1.807) is 80.4 Å². The molecule has 0 saturated carbocycles. The van der Waals surface area contributed by atoms with Gasteiger partial charge in [0.2, 0.25) is 0 Å². The fraction of sp³-hybridized carbons (Fsp3) is 0.182. The molecule has 1 heterocycles. The third-order valence-corrected chi connectivity index (χ3v) is 4.29. The van der Waals surface area contributed by atoms with Crippen LogP contribution in [0, 0.1) is 0 Å². The molecular weight excluding hydrogens is 358 g/mol. The smallest absolute Gasteiger partial charge is 0.330 e. The lowest BCUT2D eigenvalue weighted by atomic mass is 10.1. The van der Waals surface area contributed by atoms with E-state index < -0.39 is 5.97 Å². The van der Waals surface area contributed by atoms with Crippen LogP contribution in [-0.4, -0.2) is 31.4 Å². The van der Waals surface area contributed by atoms with Gasteiger partial charge in [0, 0.05) is 23.3 Å². The van der Waals surface area contributed by atoms with E-state index >= 15 is 0 Å². The Morgan fingerprint density at radius 1 is 1.00 bits per heavy atom. The third kappa shape index (κ3) is 3.91. The highest BCUT2D eigenvalue weighted by molar-refractivity contribution is 5.95. The zero-order valence-corrected chi connectivity index (χ0v) is 16.0. The summed E-state index contributed by atoms with van der Waals surface area (Å²) in [5, 5.41) is 1.21. The topological polar surface area (TPSA) is 66.8 Å². The number of nitrogens with zero attached hydrogens (tertiary/aromatic N) is 1. The van der Waals surface area contributed by atoms with Crippen molar-refractivity contribution in [3.63, 3.8) is 0 Å². The summed E-state index contributed by atoms with van der Waals surface area (Å²) in [6.45, 7) is 2.04. The highest BCUT2D eigenvalue weighted by Gasteiger charge is 2.11. The van der Waals surface area contributed by atoms with E-state index in [0.29, 0.717) is 40.1 Å². The molecule has 0 fully saturated rings. The monoisotopic (exact) mass is 379 g/mol. The van der Waals surface area contributed by atoms with Crippen LogP contribution in [-0.2, 0) is 9.53 Å². The van der Waals surface area contributed by atoms with Crippen molar-refractivity contribution in [1.29, 1.82) is 0 Å². The fourth-order valence-electron chi connectivity index (χ4n) is 2.89. The van der Waals surface area contributed by atoms with Crippen LogP contribution < -0.4 is 15.0 Å². The molecule has 0 saturated heterocycles. The Morgan fingerprint density at radius 2 is 1.68 bits per heavy atom. The van der Waals surface area contributed by atoms with Crippen molar-refractivity contribution in [3.8, 4) is 17.2 Å². The van der Waals surface area contributed by atoms with Crippen LogP contribution in [0.5, 0.6) is 11.5 Å². The van der Waals surface area contributed by atoms with Gasteiger partial charge in [-0.1, -0.05) is 0 Å². The zero-order valence-electron chi connectivity index (χ0n) is 16.0. The molecule has 0 spiro atoms. The largest absolute Gasteiger partial charge is 0.497 e. The SMILES string of the molecule is CCOC(=O)/C=C/c1cn(-c2ccc(OC)cc2)c(=O)c2ccc(OC)cc12. The molecule has 0 aliphatic heterocycles. The number of aromatic nitrogens is 1. The third-order valence-electron chi connectivity index (χ3n) is 4.29. The first kappa shape index (κ1) is 19.2. The Morgan fingerprint density at radius 3 is 2.32 bits per heavy atom. The van der Waals surface area contributed by atoms with Gasteiger partial charge in [-0.25, -0.2) is 4.79 Å². The second kappa shape index (κ2) is 8.43. The first-order valence-electron chi connectivity index (χ1n) is 8.80. The van der Waals surface area contributed by atoms with Crippen LogP contribution >= 0.6 is 0 Å². The summed E-state index contributed by atoms with van der Waals surface area (Å²) in [5.41, 5.74) is 1.21. The highest BCUT2D eigenvalue weighted by Crippen LogP contribution is 2.24. The van der Waals surface area contributed by atoms with Gasteiger partial charge in [-0.05, 0) is 66.4 Å². The van der Waals surface area contributed by atoms with Crippen molar-refractivity contribution in [1.82, 2.24) is 4.57 Å². The molecular formula is C22H21NO5. The fourth-order valence-corrected chi connectivity index (χ4v) is 2.89. The maximum atomic E-state index is 13.1. The molecule has 0 aliphatic carbocycles. The van der Waals surface area contributed by atoms with Gasteiger partial charge < -0.3 is 14.2 Å². The van der Waals surface area contributed by atoms with Crippen LogP contribution in [0.3, 0.4) is 0 Å². The Balaban J connectivity index is 2.20. The molecule has 3 rings (SSSR count). The normalized spacial score (nSPS) is 11.0. The predicted octanol–water partition coefficient (Wildman–Crippen LogP) is 3.58. The van der Waals surface area contributed by atoms with Gasteiger partial charge in [-0.2, -0.15) is 0 Å². The summed E-state index contributed by atoms with van der Waals surface area (Å²) in [6, 6.07) is 12.4. The van der Waals surface area contributed by atoms with Crippen molar-refractivity contribution in [3.05, 3.63) is 70.7 Å². The van der Waals surface area contributed by atoms with Gasteiger partial charge in [-0.15, -0.1) is 0 Å². The van der Waals surface area contributed by atoms with Crippen molar-refractivity contribution in [2.45, 2.75) is 6.92 Å². The summed E-state index contributed by atoms with van der Waals surface area (Å²) in [5.74, 6) is 0.880. The number of carbonyl (C=O) groups excluding carboxylic acids is 1. The molecule has 0 atom stereocenters. The van der Waals surface area contributed by atoms with E-state index in [2.05, 4.69) is 0 Å². The predicted molar refractivity (Wildman–Crippen MR) is 108 cm³/mol. The number of esters is 1. The second-order valence-corrected chi connectivity index (χ2v) is 5.95. The average molecular weight is 379 g/mol. The standard InChI is InChI=1S/C22H21NO5/c1-4-28-21(24)12-5-15-14-23(16-6-8-17(26-2)9-7-16)22(25)19-11-10-18(27-3)13-20(15)19/h5-14H,4H2,1-3H3/b12-5+. The van der Waals surface area contributed by atoms with Crippen LogP contribution in [0.15, 0.2) is 59.5 Å². The van der Waals surface area contributed by atoms with E-state index in [1.165, 1.54) is 6.08 Å². The summed E-state index contributed by atoms with van der Waals surface area (Å²) >= 11 is 0. The van der Waals surface area contributed by atoms with Gasteiger partial charge in [0.05, 0.1) is 20.8 Å². The maximum Gasteiger partial charge on any atom is 0.330 e. The zero-order chi connectivity index (χ0) is 20.1. The van der Waals surface area contributed by atoms with Crippen LogP contribution in [0.2, 0.25) is 0 Å². The average Bonchev–Trinajstić information content (AvgIpc) is 2.73. The van der Waals surface area contributed by atoms with Crippen molar-refractivity contribution >= 4 is 22.8 Å². The van der Waals surface area contributed by atoms with Crippen LogP contribution in [0.4, 0.5) is 0 Å². The molecule has 144 valence electrons.